The van der Waals surface area contributed by atoms with Crippen molar-refractivity contribution in [2.24, 2.45) is 5.92 Å². The van der Waals surface area contributed by atoms with E-state index in [1.165, 1.54) is 45.6 Å². The first-order valence-electron chi connectivity index (χ1n) is 8.94. The lowest BCUT2D eigenvalue weighted by Crippen LogP contribution is -2.21. The van der Waals surface area contributed by atoms with Gasteiger partial charge in [0.15, 0.2) is 6.10 Å². The third-order valence-electron chi connectivity index (χ3n) is 4.07. The Kier molecular flexibility index (Phi) is 14.8. The third-order valence-corrected chi connectivity index (χ3v) is 4.07. The smallest absolute Gasteiger partial charge is 0.332 e. The first-order valence-corrected chi connectivity index (χ1v) is 8.94. The van der Waals surface area contributed by atoms with E-state index in [9.17, 15) is 4.79 Å². The van der Waals surface area contributed by atoms with Crippen molar-refractivity contribution in [2.45, 2.75) is 83.7 Å². The predicted octanol–water partition coefficient (Wildman–Crippen LogP) is 5.20. The molecule has 0 radical (unpaired) electrons. The molecule has 0 bridgehead atoms. The summed E-state index contributed by atoms with van der Waals surface area (Å²) in [5, 5.41) is 8.82. The van der Waals surface area contributed by atoms with Gasteiger partial charge in [0.1, 0.15) is 0 Å². The lowest BCUT2D eigenvalue weighted by atomic mass is 9.96. The largest absolute Gasteiger partial charge is 0.479 e. The molecule has 0 aromatic rings. The second kappa shape index (κ2) is 15.6. The highest BCUT2D eigenvalue weighted by atomic mass is 16.5. The van der Waals surface area contributed by atoms with Crippen LogP contribution in [-0.4, -0.2) is 24.3 Å². The van der Waals surface area contributed by atoms with E-state index in [2.05, 4.69) is 25.3 Å². The van der Waals surface area contributed by atoms with Gasteiger partial charge in [0.25, 0.3) is 0 Å². The average molecular weight is 322 g/mol. The fourth-order valence-corrected chi connectivity index (χ4v) is 2.53. The van der Waals surface area contributed by atoms with Crippen LogP contribution in [0.3, 0.4) is 0 Å². The van der Waals surface area contributed by atoms with Crippen molar-refractivity contribution in [3.8, 4) is 11.8 Å². The number of carbonyl (C=O) groups is 1. The van der Waals surface area contributed by atoms with Crippen molar-refractivity contribution in [2.75, 3.05) is 7.11 Å². The number of carboxylic acid groups (broad SMARTS) is 1. The predicted molar refractivity (Wildman–Crippen MR) is 96.4 cm³/mol. The maximum absolute atomic E-state index is 10.7. The molecule has 132 valence electrons. The number of allylic oxidation sites excluding steroid dienone is 1. The van der Waals surface area contributed by atoms with Crippen molar-refractivity contribution in [1.82, 2.24) is 0 Å². The van der Waals surface area contributed by atoms with Gasteiger partial charge >= 0.3 is 5.97 Å². The summed E-state index contributed by atoms with van der Waals surface area (Å²) in [6.07, 6.45) is 13.3. The molecule has 0 rings (SSSR count). The van der Waals surface area contributed by atoms with Gasteiger partial charge in [-0.05, 0) is 31.6 Å². The SMILES string of the molecule is C=CCCCCC(C)CCCCCC#CCC[C@H](OC)C(=O)O. The van der Waals surface area contributed by atoms with Gasteiger partial charge in [-0.1, -0.05) is 45.1 Å². The Balaban J connectivity index is 3.47. The Morgan fingerprint density at radius 1 is 1.09 bits per heavy atom. The molecule has 0 aromatic heterocycles. The summed E-state index contributed by atoms with van der Waals surface area (Å²) in [5.74, 6) is 6.09. The minimum absolute atomic E-state index is 0.461. The van der Waals surface area contributed by atoms with Crippen molar-refractivity contribution in [3.05, 3.63) is 12.7 Å². The van der Waals surface area contributed by atoms with Crippen LogP contribution in [0.2, 0.25) is 0 Å². The highest BCUT2D eigenvalue weighted by Crippen LogP contribution is 2.17. The molecule has 0 heterocycles. The van der Waals surface area contributed by atoms with E-state index in [-0.39, 0.29) is 0 Å². The van der Waals surface area contributed by atoms with Crippen molar-refractivity contribution in [3.63, 3.8) is 0 Å². The van der Waals surface area contributed by atoms with Gasteiger partial charge in [-0.2, -0.15) is 0 Å². The monoisotopic (exact) mass is 322 g/mol. The first kappa shape index (κ1) is 21.7. The fourth-order valence-electron chi connectivity index (χ4n) is 2.53. The molecule has 0 saturated heterocycles. The molecule has 3 nitrogen and oxygen atoms in total. The quantitative estimate of drug-likeness (QED) is 0.271. The zero-order valence-electron chi connectivity index (χ0n) is 15.0. The van der Waals surface area contributed by atoms with Crippen LogP contribution < -0.4 is 0 Å². The van der Waals surface area contributed by atoms with Crippen molar-refractivity contribution < 1.29 is 14.6 Å². The average Bonchev–Trinajstić information content (AvgIpc) is 2.53. The van der Waals surface area contributed by atoms with Crippen LogP contribution in [0.25, 0.3) is 0 Å². The normalized spacial score (nSPS) is 13.0. The highest BCUT2D eigenvalue weighted by molar-refractivity contribution is 5.72. The minimum atomic E-state index is -0.909. The maximum Gasteiger partial charge on any atom is 0.332 e. The summed E-state index contributed by atoms with van der Waals surface area (Å²) < 4.78 is 4.86. The minimum Gasteiger partial charge on any atom is -0.479 e. The van der Waals surface area contributed by atoms with Gasteiger partial charge in [-0.25, -0.2) is 4.79 Å². The Bertz CT molecular complexity index is 365. The van der Waals surface area contributed by atoms with Gasteiger partial charge in [-0.3, -0.25) is 0 Å². The third kappa shape index (κ3) is 14.1. The molecular formula is C20H34O3. The molecule has 23 heavy (non-hydrogen) atoms. The molecule has 0 fully saturated rings. The molecule has 0 aliphatic rings. The molecule has 3 heteroatoms. The zero-order valence-corrected chi connectivity index (χ0v) is 15.0. The second-order valence-electron chi connectivity index (χ2n) is 6.23. The van der Waals surface area contributed by atoms with Gasteiger partial charge in [0.05, 0.1) is 0 Å². The maximum atomic E-state index is 10.7. The number of aliphatic carboxylic acids is 1. The Hall–Kier alpha value is -1.27. The summed E-state index contributed by atoms with van der Waals surface area (Å²) in [7, 11) is 1.42. The van der Waals surface area contributed by atoms with Crippen molar-refractivity contribution in [1.29, 1.82) is 0 Å². The van der Waals surface area contributed by atoms with Crippen LogP contribution in [0.5, 0.6) is 0 Å². The molecular weight excluding hydrogens is 288 g/mol. The van der Waals surface area contributed by atoms with Crippen LogP contribution in [-0.2, 0) is 9.53 Å². The molecule has 2 atom stereocenters. The van der Waals surface area contributed by atoms with E-state index in [4.69, 9.17) is 9.84 Å². The zero-order chi connectivity index (χ0) is 17.3. The molecule has 0 aliphatic carbocycles. The molecule has 0 aromatic carbocycles. The number of methoxy groups -OCH3 is 1. The fraction of sp³-hybridized carbons (Fsp3) is 0.750. The topological polar surface area (TPSA) is 46.5 Å². The van der Waals surface area contributed by atoms with Gasteiger partial charge in [-0.15, -0.1) is 18.4 Å². The summed E-state index contributed by atoms with van der Waals surface area (Å²) in [6.45, 7) is 6.10. The van der Waals surface area contributed by atoms with E-state index < -0.39 is 12.1 Å². The summed E-state index contributed by atoms with van der Waals surface area (Å²) in [5.41, 5.74) is 0. The van der Waals surface area contributed by atoms with E-state index >= 15 is 0 Å². The Morgan fingerprint density at radius 3 is 2.35 bits per heavy atom. The van der Waals surface area contributed by atoms with Crippen molar-refractivity contribution >= 4 is 5.97 Å². The van der Waals surface area contributed by atoms with Crippen LogP contribution in [0.1, 0.15) is 77.6 Å². The van der Waals surface area contributed by atoms with Crippen LogP contribution in [0.15, 0.2) is 12.7 Å². The van der Waals surface area contributed by atoms with Crippen LogP contribution in [0, 0.1) is 17.8 Å². The summed E-state index contributed by atoms with van der Waals surface area (Å²) in [4.78, 5) is 10.7. The molecule has 1 N–H and O–H groups in total. The number of hydrogen-bond acceptors (Lipinski definition) is 2. The van der Waals surface area contributed by atoms with E-state index in [0.29, 0.717) is 12.8 Å². The molecule has 0 spiro atoms. The van der Waals surface area contributed by atoms with Gasteiger partial charge in [0.2, 0.25) is 0 Å². The summed E-state index contributed by atoms with van der Waals surface area (Å²) in [6, 6.07) is 0. The number of carboxylic acids is 1. The van der Waals surface area contributed by atoms with E-state index in [1.54, 1.807) is 0 Å². The molecule has 0 amide bonds. The highest BCUT2D eigenvalue weighted by Gasteiger charge is 2.14. The number of ether oxygens (including phenoxy) is 1. The number of unbranched alkanes of at least 4 members (excludes halogenated alkanes) is 5. The number of hydrogen-bond donors (Lipinski definition) is 1. The van der Waals surface area contributed by atoms with E-state index in [0.717, 1.165) is 25.2 Å². The second-order valence-corrected chi connectivity index (χ2v) is 6.23. The van der Waals surface area contributed by atoms with Crippen LogP contribution >= 0.6 is 0 Å². The van der Waals surface area contributed by atoms with Gasteiger partial charge < -0.3 is 9.84 Å². The van der Waals surface area contributed by atoms with Gasteiger partial charge in [0, 0.05) is 20.0 Å². The first-order chi connectivity index (χ1) is 11.1. The lowest BCUT2D eigenvalue weighted by molar-refractivity contribution is -0.148. The summed E-state index contributed by atoms with van der Waals surface area (Å²) >= 11 is 0. The standard InChI is InChI=1S/C20H34O3/c1-4-5-6-12-15-18(2)16-13-10-8-7-9-11-14-17-19(23-3)20(21)22/h4,18-19H,1,5-8,10,12-17H2,2-3H3,(H,21,22)/t18?,19-/m0/s1. The molecule has 0 aliphatic heterocycles. The Morgan fingerprint density at radius 2 is 1.74 bits per heavy atom. The Labute approximate surface area is 142 Å². The lowest BCUT2D eigenvalue weighted by Gasteiger charge is -2.10. The van der Waals surface area contributed by atoms with E-state index in [1.807, 2.05) is 6.08 Å². The van der Waals surface area contributed by atoms with Crippen LogP contribution in [0.4, 0.5) is 0 Å². The molecule has 0 saturated carbocycles. The number of rotatable bonds is 14. The molecule has 1 unspecified atom stereocenters.